The summed E-state index contributed by atoms with van der Waals surface area (Å²) in [6.07, 6.45) is 20.1. The molecule has 1 unspecified atom stereocenters. The summed E-state index contributed by atoms with van der Waals surface area (Å²) in [4.78, 5) is 0. The monoisotopic (exact) mass is 390 g/mol. The molecule has 0 bridgehead atoms. The normalized spacial score (nSPS) is 25.0. The van der Waals surface area contributed by atoms with Crippen molar-refractivity contribution < 1.29 is 8.78 Å². The molecule has 0 amide bonds. The van der Waals surface area contributed by atoms with Crippen molar-refractivity contribution >= 4 is 0 Å². The third-order valence-corrected chi connectivity index (χ3v) is 7.68. The van der Waals surface area contributed by atoms with Crippen molar-refractivity contribution in [1.82, 2.24) is 0 Å². The van der Waals surface area contributed by atoms with Crippen LogP contribution in [0.3, 0.4) is 0 Å². The predicted molar refractivity (Wildman–Crippen MR) is 114 cm³/mol. The van der Waals surface area contributed by atoms with Crippen LogP contribution in [0.4, 0.5) is 8.78 Å². The predicted octanol–water partition coefficient (Wildman–Crippen LogP) is 8.48. The Morgan fingerprint density at radius 1 is 0.857 bits per heavy atom. The number of unbranched alkanes of at least 4 members (excludes halogenated alkanes) is 1. The highest BCUT2D eigenvalue weighted by atomic mass is 19.2. The molecule has 0 nitrogen and oxygen atoms in total. The van der Waals surface area contributed by atoms with Gasteiger partial charge in [-0.2, -0.15) is 0 Å². The van der Waals surface area contributed by atoms with Gasteiger partial charge in [0.15, 0.2) is 11.6 Å². The van der Waals surface area contributed by atoms with Gasteiger partial charge in [-0.05, 0) is 54.2 Å². The molecular formula is C26H40F2. The average molecular weight is 391 g/mol. The highest BCUT2D eigenvalue weighted by Crippen LogP contribution is 2.39. The minimum atomic E-state index is -0.724. The zero-order chi connectivity index (χ0) is 19.8. The van der Waals surface area contributed by atoms with Crippen LogP contribution in [0, 0.1) is 35.3 Å². The molecular weight excluding hydrogens is 350 g/mol. The number of rotatable bonds is 9. The van der Waals surface area contributed by atoms with E-state index in [4.69, 9.17) is 0 Å². The zero-order valence-electron chi connectivity index (χ0n) is 17.9. The number of hydrogen-bond acceptors (Lipinski definition) is 0. The Morgan fingerprint density at radius 3 is 2.18 bits per heavy atom. The molecule has 0 N–H and O–H groups in total. The van der Waals surface area contributed by atoms with E-state index in [9.17, 15) is 8.78 Å². The number of benzene rings is 1. The third kappa shape index (κ3) is 6.56. The molecule has 2 heteroatoms. The molecule has 2 saturated carbocycles. The van der Waals surface area contributed by atoms with Crippen LogP contribution in [-0.4, -0.2) is 0 Å². The van der Waals surface area contributed by atoms with Crippen LogP contribution in [0.1, 0.15) is 102 Å². The molecule has 2 aliphatic carbocycles. The maximum atomic E-state index is 13.7. The largest absolute Gasteiger partial charge is 0.204 e. The van der Waals surface area contributed by atoms with Crippen molar-refractivity contribution in [2.24, 2.45) is 23.7 Å². The molecule has 0 radical (unpaired) electrons. The van der Waals surface area contributed by atoms with Crippen molar-refractivity contribution in [3.8, 4) is 0 Å². The summed E-state index contributed by atoms with van der Waals surface area (Å²) in [5.74, 6) is 1.88. The molecule has 0 heterocycles. The van der Waals surface area contributed by atoms with E-state index in [0.29, 0.717) is 5.92 Å². The van der Waals surface area contributed by atoms with Crippen molar-refractivity contribution in [2.75, 3.05) is 0 Å². The third-order valence-electron chi connectivity index (χ3n) is 7.68. The molecule has 1 atom stereocenters. The van der Waals surface area contributed by atoms with E-state index in [2.05, 4.69) is 6.92 Å². The molecule has 1 aromatic carbocycles. The summed E-state index contributed by atoms with van der Waals surface area (Å²) in [7, 11) is 0. The Balaban J connectivity index is 1.53. The minimum Gasteiger partial charge on any atom is -0.204 e. The molecule has 0 spiro atoms. The van der Waals surface area contributed by atoms with Gasteiger partial charge in [0.1, 0.15) is 0 Å². The van der Waals surface area contributed by atoms with Gasteiger partial charge >= 0.3 is 0 Å². The molecule has 158 valence electrons. The Morgan fingerprint density at radius 2 is 1.54 bits per heavy atom. The summed E-state index contributed by atoms with van der Waals surface area (Å²) < 4.78 is 27.0. The second-order valence-corrected chi connectivity index (χ2v) is 9.72. The van der Waals surface area contributed by atoms with Gasteiger partial charge < -0.3 is 0 Å². The fraction of sp³-hybridized carbons (Fsp3) is 0.769. The lowest BCUT2D eigenvalue weighted by atomic mass is 9.72. The molecule has 1 aromatic rings. The number of hydrogen-bond donors (Lipinski definition) is 0. The van der Waals surface area contributed by atoms with Crippen molar-refractivity contribution in [2.45, 2.75) is 103 Å². The lowest BCUT2D eigenvalue weighted by Crippen LogP contribution is -2.22. The Kier molecular flexibility index (Phi) is 8.80. The van der Waals surface area contributed by atoms with Gasteiger partial charge in [0, 0.05) is 0 Å². The van der Waals surface area contributed by atoms with E-state index in [1.165, 1.54) is 102 Å². The van der Waals surface area contributed by atoms with Gasteiger partial charge in [0.05, 0.1) is 0 Å². The summed E-state index contributed by atoms with van der Waals surface area (Å²) in [5.41, 5.74) is 0.984. The average Bonchev–Trinajstić information content (AvgIpc) is 2.73. The smallest absolute Gasteiger partial charge is 0.159 e. The summed E-state index contributed by atoms with van der Waals surface area (Å²) >= 11 is 0. The van der Waals surface area contributed by atoms with E-state index >= 15 is 0 Å². The Hall–Kier alpha value is -0.920. The molecule has 2 fully saturated rings. The van der Waals surface area contributed by atoms with Crippen molar-refractivity contribution in [1.29, 1.82) is 0 Å². The first kappa shape index (κ1) is 21.8. The molecule has 28 heavy (non-hydrogen) atoms. The number of halogens is 2. The fourth-order valence-corrected chi connectivity index (χ4v) is 5.83. The van der Waals surface area contributed by atoms with Crippen LogP contribution in [-0.2, 0) is 6.42 Å². The SMILES string of the molecule is CCCCC1CCC(CCC(Cc2ccc(F)c(F)c2)C2CCCCC2)CC1. The molecule has 0 aromatic heterocycles. The summed E-state index contributed by atoms with van der Waals surface area (Å²) in [6.45, 7) is 2.30. The standard InChI is InChI=1S/C26H40F2/c1-2-3-7-20-10-12-21(13-11-20)14-16-24(23-8-5-4-6-9-23)18-22-15-17-25(27)26(28)19-22/h15,17,19-21,23-24H,2-14,16,18H2,1H3. The van der Waals surface area contributed by atoms with E-state index in [-0.39, 0.29) is 0 Å². The van der Waals surface area contributed by atoms with Gasteiger partial charge in [-0.15, -0.1) is 0 Å². The van der Waals surface area contributed by atoms with E-state index < -0.39 is 11.6 Å². The first-order valence-corrected chi connectivity index (χ1v) is 12.1. The van der Waals surface area contributed by atoms with E-state index in [1.54, 1.807) is 6.07 Å². The van der Waals surface area contributed by atoms with Crippen LogP contribution in [0.5, 0.6) is 0 Å². The van der Waals surface area contributed by atoms with Crippen LogP contribution in [0.2, 0.25) is 0 Å². The van der Waals surface area contributed by atoms with Gasteiger partial charge in [-0.3, -0.25) is 0 Å². The maximum Gasteiger partial charge on any atom is 0.159 e. The van der Waals surface area contributed by atoms with Crippen LogP contribution in [0.25, 0.3) is 0 Å². The van der Waals surface area contributed by atoms with Crippen molar-refractivity contribution in [3.63, 3.8) is 0 Å². The van der Waals surface area contributed by atoms with Gasteiger partial charge in [0.25, 0.3) is 0 Å². The van der Waals surface area contributed by atoms with Gasteiger partial charge in [-0.25, -0.2) is 8.78 Å². The lowest BCUT2D eigenvalue weighted by molar-refractivity contribution is 0.196. The fourth-order valence-electron chi connectivity index (χ4n) is 5.83. The van der Waals surface area contributed by atoms with Crippen LogP contribution < -0.4 is 0 Å². The lowest BCUT2D eigenvalue weighted by Gasteiger charge is -2.33. The highest BCUT2D eigenvalue weighted by molar-refractivity contribution is 5.18. The van der Waals surface area contributed by atoms with E-state index in [0.717, 1.165) is 29.7 Å². The minimum absolute atomic E-state index is 0.642. The molecule has 2 aliphatic rings. The summed E-state index contributed by atoms with van der Waals surface area (Å²) in [6, 6.07) is 4.54. The van der Waals surface area contributed by atoms with Gasteiger partial charge in [0.2, 0.25) is 0 Å². The maximum absolute atomic E-state index is 13.7. The van der Waals surface area contributed by atoms with Crippen molar-refractivity contribution in [3.05, 3.63) is 35.4 Å². The Bertz CT molecular complexity index is 568. The molecule has 3 rings (SSSR count). The zero-order valence-corrected chi connectivity index (χ0v) is 17.9. The summed E-state index contributed by atoms with van der Waals surface area (Å²) in [5, 5.41) is 0. The first-order valence-electron chi connectivity index (χ1n) is 12.1. The first-order chi connectivity index (χ1) is 13.7. The quantitative estimate of drug-likeness (QED) is 0.396. The topological polar surface area (TPSA) is 0 Å². The van der Waals surface area contributed by atoms with Crippen LogP contribution in [0.15, 0.2) is 18.2 Å². The van der Waals surface area contributed by atoms with Gasteiger partial charge in [-0.1, -0.05) is 96.5 Å². The second kappa shape index (κ2) is 11.3. The molecule has 0 aliphatic heterocycles. The second-order valence-electron chi connectivity index (χ2n) is 9.72. The Labute approximate surface area is 171 Å². The highest BCUT2D eigenvalue weighted by Gasteiger charge is 2.27. The van der Waals surface area contributed by atoms with E-state index in [1.807, 2.05) is 0 Å². The molecule has 0 saturated heterocycles. The van der Waals surface area contributed by atoms with Crippen LogP contribution >= 0.6 is 0 Å².